The van der Waals surface area contributed by atoms with E-state index < -0.39 is 10.0 Å². The van der Waals surface area contributed by atoms with Crippen molar-refractivity contribution in [3.63, 3.8) is 0 Å². The van der Waals surface area contributed by atoms with E-state index in [1.165, 1.54) is 17.0 Å². The van der Waals surface area contributed by atoms with Crippen molar-refractivity contribution in [1.29, 1.82) is 0 Å². The Morgan fingerprint density at radius 3 is 2.55 bits per heavy atom. The first-order chi connectivity index (χ1) is 9.38. The minimum atomic E-state index is -3.57. The third kappa shape index (κ3) is 4.59. The number of hydrogen-bond donors (Lipinski definition) is 2. The second-order valence-corrected chi connectivity index (χ2v) is 6.35. The molecule has 7 heteroatoms. The molecule has 1 aromatic carbocycles. The van der Waals surface area contributed by atoms with Crippen LogP contribution >= 0.6 is 0 Å². The zero-order valence-electron chi connectivity index (χ0n) is 12.0. The number of nitrogens with one attached hydrogen (secondary N) is 2. The summed E-state index contributed by atoms with van der Waals surface area (Å²) in [6, 6.07) is 6.04. The van der Waals surface area contributed by atoms with Crippen molar-refractivity contribution in [1.82, 2.24) is 14.9 Å². The molecule has 20 heavy (non-hydrogen) atoms. The number of carbonyl (C=O) groups is 1. The first-order valence-electron chi connectivity index (χ1n) is 6.34. The molecule has 0 aliphatic carbocycles. The van der Waals surface area contributed by atoms with Gasteiger partial charge < -0.3 is 10.2 Å². The molecule has 0 heterocycles. The van der Waals surface area contributed by atoms with E-state index in [1.807, 2.05) is 7.05 Å². The van der Waals surface area contributed by atoms with E-state index in [0.717, 1.165) is 6.54 Å². The summed E-state index contributed by atoms with van der Waals surface area (Å²) >= 11 is 0. The molecule has 0 fully saturated rings. The zero-order valence-corrected chi connectivity index (χ0v) is 12.8. The predicted molar refractivity (Wildman–Crippen MR) is 78.2 cm³/mol. The van der Waals surface area contributed by atoms with Crippen LogP contribution in [0.2, 0.25) is 0 Å². The van der Waals surface area contributed by atoms with Gasteiger partial charge in [0.25, 0.3) is 5.91 Å². The molecule has 6 nitrogen and oxygen atoms in total. The number of amides is 1. The fourth-order valence-electron chi connectivity index (χ4n) is 1.61. The minimum absolute atomic E-state index is 0.106. The average molecular weight is 299 g/mol. The minimum Gasteiger partial charge on any atom is -0.345 e. The number of rotatable bonds is 7. The summed E-state index contributed by atoms with van der Waals surface area (Å²) in [5, 5.41) is 2.95. The Balaban J connectivity index is 2.85. The highest BCUT2D eigenvalue weighted by atomic mass is 32.2. The summed E-state index contributed by atoms with van der Waals surface area (Å²) < 4.78 is 26.7. The lowest BCUT2D eigenvalue weighted by Gasteiger charge is -2.12. The van der Waals surface area contributed by atoms with E-state index in [1.54, 1.807) is 26.2 Å². The molecule has 1 rings (SSSR count). The highest BCUT2D eigenvalue weighted by molar-refractivity contribution is 7.89. The summed E-state index contributed by atoms with van der Waals surface area (Å²) in [4.78, 5) is 13.3. The van der Waals surface area contributed by atoms with E-state index in [4.69, 9.17) is 0 Å². The maximum atomic E-state index is 12.1. The summed E-state index contributed by atoms with van der Waals surface area (Å²) in [5.41, 5.74) is 0.355. The van der Waals surface area contributed by atoms with Crippen LogP contribution in [-0.4, -0.2) is 53.5 Å². The summed E-state index contributed by atoms with van der Waals surface area (Å²) in [6.07, 6.45) is 0.700. The van der Waals surface area contributed by atoms with Gasteiger partial charge in [0.2, 0.25) is 10.0 Å². The van der Waals surface area contributed by atoms with Gasteiger partial charge in [-0.1, -0.05) is 6.07 Å². The molecule has 0 bridgehead atoms. The molecule has 0 saturated carbocycles. The maximum Gasteiger partial charge on any atom is 0.253 e. The van der Waals surface area contributed by atoms with E-state index in [9.17, 15) is 13.2 Å². The van der Waals surface area contributed by atoms with Crippen LogP contribution in [0.1, 0.15) is 16.8 Å². The molecule has 2 N–H and O–H groups in total. The van der Waals surface area contributed by atoms with Crippen molar-refractivity contribution >= 4 is 15.9 Å². The third-order valence-corrected chi connectivity index (χ3v) is 4.15. The molecule has 0 unspecified atom stereocenters. The Labute approximate surface area is 120 Å². The van der Waals surface area contributed by atoms with Crippen molar-refractivity contribution in [2.45, 2.75) is 11.3 Å². The number of nitrogens with zero attached hydrogens (tertiary/aromatic N) is 1. The van der Waals surface area contributed by atoms with E-state index >= 15 is 0 Å². The SMILES string of the molecule is CNCCCNS(=O)(=O)c1cccc(C(=O)N(C)C)c1. The maximum absolute atomic E-state index is 12.1. The molecular formula is C13H21N3O3S. The van der Waals surface area contributed by atoms with Gasteiger partial charge in [-0.25, -0.2) is 13.1 Å². The van der Waals surface area contributed by atoms with Crippen LogP contribution in [0.15, 0.2) is 29.2 Å². The van der Waals surface area contributed by atoms with E-state index in [-0.39, 0.29) is 10.8 Å². The van der Waals surface area contributed by atoms with Gasteiger partial charge in [-0.2, -0.15) is 0 Å². The van der Waals surface area contributed by atoms with Crippen LogP contribution in [0.25, 0.3) is 0 Å². The lowest BCUT2D eigenvalue weighted by Crippen LogP contribution is -2.27. The Bertz CT molecular complexity index is 556. The number of hydrogen-bond acceptors (Lipinski definition) is 4. The molecule has 112 valence electrons. The second-order valence-electron chi connectivity index (χ2n) is 4.58. The molecule has 0 aliphatic rings. The van der Waals surface area contributed by atoms with Gasteiger partial charge in [0, 0.05) is 26.2 Å². The lowest BCUT2D eigenvalue weighted by molar-refractivity contribution is 0.0827. The van der Waals surface area contributed by atoms with Crippen LogP contribution < -0.4 is 10.0 Å². The molecule has 0 saturated heterocycles. The molecule has 0 atom stereocenters. The highest BCUT2D eigenvalue weighted by Gasteiger charge is 2.16. The summed E-state index contributed by atoms with van der Waals surface area (Å²) in [7, 11) is 1.49. The number of sulfonamides is 1. The van der Waals surface area contributed by atoms with Crippen LogP contribution in [0.4, 0.5) is 0 Å². The topological polar surface area (TPSA) is 78.5 Å². The van der Waals surface area contributed by atoms with Crippen molar-refractivity contribution in [3.05, 3.63) is 29.8 Å². The first-order valence-corrected chi connectivity index (χ1v) is 7.83. The Morgan fingerprint density at radius 1 is 1.25 bits per heavy atom. The lowest BCUT2D eigenvalue weighted by atomic mass is 10.2. The molecule has 0 spiro atoms. The van der Waals surface area contributed by atoms with Gasteiger partial charge in [-0.05, 0) is 38.2 Å². The first kappa shape index (κ1) is 16.6. The van der Waals surface area contributed by atoms with Crippen LogP contribution in [0.3, 0.4) is 0 Å². The molecular weight excluding hydrogens is 278 g/mol. The summed E-state index contributed by atoms with van der Waals surface area (Å²) in [6.45, 7) is 1.09. The average Bonchev–Trinajstić information content (AvgIpc) is 2.43. The van der Waals surface area contributed by atoms with Crippen LogP contribution in [-0.2, 0) is 10.0 Å². The Kier molecular flexibility index (Phi) is 6.12. The van der Waals surface area contributed by atoms with Crippen molar-refractivity contribution in [3.8, 4) is 0 Å². The fraction of sp³-hybridized carbons (Fsp3) is 0.462. The molecule has 0 radical (unpaired) electrons. The summed E-state index contributed by atoms with van der Waals surface area (Å²) in [5.74, 6) is -0.225. The quantitative estimate of drug-likeness (QED) is 0.709. The van der Waals surface area contributed by atoms with Gasteiger partial charge in [0.1, 0.15) is 0 Å². The smallest absolute Gasteiger partial charge is 0.253 e. The normalized spacial score (nSPS) is 11.3. The van der Waals surface area contributed by atoms with Crippen LogP contribution in [0.5, 0.6) is 0 Å². The highest BCUT2D eigenvalue weighted by Crippen LogP contribution is 2.12. The molecule has 0 aromatic heterocycles. The molecule has 1 aromatic rings. The number of carbonyl (C=O) groups excluding carboxylic acids is 1. The Hall–Kier alpha value is -1.44. The third-order valence-electron chi connectivity index (χ3n) is 2.69. The van der Waals surface area contributed by atoms with Crippen molar-refractivity contribution in [2.24, 2.45) is 0 Å². The zero-order chi connectivity index (χ0) is 15.2. The van der Waals surface area contributed by atoms with E-state index in [0.29, 0.717) is 18.5 Å². The monoisotopic (exact) mass is 299 g/mol. The van der Waals surface area contributed by atoms with E-state index in [2.05, 4.69) is 10.0 Å². The van der Waals surface area contributed by atoms with Gasteiger partial charge in [-0.3, -0.25) is 4.79 Å². The molecule has 0 aliphatic heterocycles. The second kappa shape index (κ2) is 7.37. The Morgan fingerprint density at radius 2 is 1.95 bits per heavy atom. The van der Waals surface area contributed by atoms with Gasteiger partial charge in [-0.15, -0.1) is 0 Å². The fourth-order valence-corrected chi connectivity index (χ4v) is 2.73. The van der Waals surface area contributed by atoms with Crippen LogP contribution in [0, 0.1) is 0 Å². The number of benzene rings is 1. The van der Waals surface area contributed by atoms with Gasteiger partial charge in [0.05, 0.1) is 4.90 Å². The standard InChI is InChI=1S/C13H21N3O3S/c1-14-8-5-9-15-20(18,19)12-7-4-6-11(10-12)13(17)16(2)3/h4,6-7,10,14-15H,5,8-9H2,1-3H3. The van der Waals surface area contributed by atoms with Gasteiger partial charge in [0.15, 0.2) is 0 Å². The van der Waals surface area contributed by atoms with Crippen molar-refractivity contribution in [2.75, 3.05) is 34.2 Å². The largest absolute Gasteiger partial charge is 0.345 e. The predicted octanol–water partition coefficient (Wildman–Crippen LogP) is 0.276. The van der Waals surface area contributed by atoms with Crippen molar-refractivity contribution < 1.29 is 13.2 Å². The molecule has 1 amide bonds. The van der Waals surface area contributed by atoms with Gasteiger partial charge >= 0.3 is 0 Å².